The van der Waals surface area contributed by atoms with E-state index in [2.05, 4.69) is 10.6 Å². The van der Waals surface area contributed by atoms with Gasteiger partial charge < -0.3 is 25.1 Å². The Morgan fingerprint density at radius 2 is 1.87 bits per heavy atom. The number of aryl methyl sites for hydroxylation is 1. The maximum Gasteiger partial charge on any atom is 0.267 e. The molecular formula is C22H25N3O5S. The summed E-state index contributed by atoms with van der Waals surface area (Å²) in [6, 6.07) is 3.56. The molecule has 3 N–H and O–H groups in total. The van der Waals surface area contributed by atoms with Gasteiger partial charge in [0, 0.05) is 19.5 Å². The number of hydrogen-bond acceptors (Lipinski definition) is 8. The Morgan fingerprint density at radius 1 is 1.19 bits per heavy atom. The summed E-state index contributed by atoms with van der Waals surface area (Å²) in [4.78, 5) is 38.4. The number of nitrogens with zero attached hydrogens (tertiary/aromatic N) is 1. The van der Waals surface area contributed by atoms with Gasteiger partial charge in [-0.25, -0.2) is 0 Å². The third-order valence-electron chi connectivity index (χ3n) is 5.77. The van der Waals surface area contributed by atoms with Gasteiger partial charge in [0.05, 0.1) is 11.7 Å². The molecule has 2 heterocycles. The van der Waals surface area contributed by atoms with Crippen molar-refractivity contribution in [1.29, 1.82) is 0 Å². The van der Waals surface area contributed by atoms with Crippen molar-refractivity contribution >= 4 is 34.3 Å². The van der Waals surface area contributed by atoms with Crippen LogP contribution in [0.25, 0.3) is 0 Å². The first-order chi connectivity index (χ1) is 14.8. The van der Waals surface area contributed by atoms with Crippen LogP contribution in [0.4, 0.5) is 17.1 Å². The Kier molecular flexibility index (Phi) is 5.62. The lowest BCUT2D eigenvalue weighted by Crippen LogP contribution is -2.38. The lowest BCUT2D eigenvalue weighted by molar-refractivity contribution is 0.0829. The first-order valence-corrected chi connectivity index (χ1v) is 11.1. The van der Waals surface area contributed by atoms with Crippen molar-refractivity contribution in [3.05, 3.63) is 54.4 Å². The first kappa shape index (κ1) is 21.2. The summed E-state index contributed by atoms with van der Waals surface area (Å²) in [5.74, 6) is 1.23. The van der Waals surface area contributed by atoms with Crippen molar-refractivity contribution in [2.24, 2.45) is 5.92 Å². The molecule has 0 radical (unpaired) electrons. The maximum absolute atomic E-state index is 12.4. The Bertz CT molecular complexity index is 1180. The van der Waals surface area contributed by atoms with Crippen LogP contribution in [0.2, 0.25) is 0 Å². The quantitative estimate of drug-likeness (QED) is 0.477. The van der Waals surface area contributed by atoms with E-state index in [9.17, 15) is 19.5 Å². The summed E-state index contributed by atoms with van der Waals surface area (Å²) in [5, 5.41) is 18.1. The number of anilines is 3. The fourth-order valence-corrected chi connectivity index (χ4v) is 4.98. The van der Waals surface area contributed by atoms with Crippen LogP contribution in [0.5, 0.6) is 5.75 Å². The van der Waals surface area contributed by atoms with E-state index in [1.54, 1.807) is 19.5 Å². The highest BCUT2D eigenvalue weighted by molar-refractivity contribution is 7.13. The molecule has 1 amide bonds. The number of rotatable bonds is 7. The standard InChI is InChI=1S/C22H25N3O5S/c1-11-8-9-14(30-11)15(12-6-4-5-7-12)24-17-16(19(27)20(17)28)23-13-10-31-21(18(13)26)22(29)25(2)3/h8-10,12,15,23-24,26H,4-7H2,1-3H3. The zero-order valence-corrected chi connectivity index (χ0v) is 18.5. The van der Waals surface area contributed by atoms with Crippen molar-refractivity contribution < 1.29 is 14.3 Å². The van der Waals surface area contributed by atoms with Crippen LogP contribution in [0.3, 0.4) is 0 Å². The minimum Gasteiger partial charge on any atom is -0.504 e. The van der Waals surface area contributed by atoms with E-state index >= 15 is 0 Å². The molecule has 1 unspecified atom stereocenters. The second-order valence-corrected chi connectivity index (χ2v) is 9.05. The molecule has 1 aliphatic carbocycles. The molecule has 164 valence electrons. The molecule has 1 fully saturated rings. The minimum absolute atomic E-state index is 0.0910. The molecule has 9 heteroatoms. The molecule has 2 aromatic heterocycles. The van der Waals surface area contributed by atoms with Crippen LogP contribution in [0.1, 0.15) is 52.9 Å². The summed E-state index contributed by atoms with van der Waals surface area (Å²) in [6.07, 6.45) is 4.25. The summed E-state index contributed by atoms with van der Waals surface area (Å²) in [6.45, 7) is 1.87. The number of nitrogens with one attached hydrogen (secondary N) is 2. The molecule has 4 rings (SSSR count). The molecule has 0 aliphatic heterocycles. The van der Waals surface area contributed by atoms with Gasteiger partial charge in [-0.15, -0.1) is 11.3 Å². The van der Waals surface area contributed by atoms with Gasteiger partial charge in [0.15, 0.2) is 5.75 Å². The van der Waals surface area contributed by atoms with Gasteiger partial charge in [-0.2, -0.15) is 0 Å². The molecule has 3 aromatic rings. The van der Waals surface area contributed by atoms with Gasteiger partial charge in [-0.05, 0) is 37.8 Å². The summed E-state index contributed by atoms with van der Waals surface area (Å²) in [5.41, 5.74) is -0.769. The lowest BCUT2D eigenvalue weighted by atomic mass is 9.95. The van der Waals surface area contributed by atoms with E-state index in [1.165, 1.54) is 4.90 Å². The lowest BCUT2D eigenvalue weighted by Gasteiger charge is -2.25. The summed E-state index contributed by atoms with van der Waals surface area (Å²) in [7, 11) is 3.18. The van der Waals surface area contributed by atoms with Gasteiger partial charge in [-0.1, -0.05) is 12.8 Å². The SMILES string of the molecule is Cc1ccc(C(Nc2c(Nc3csc(C(=O)N(C)C)c3O)c(=O)c2=O)C2CCCC2)o1. The second kappa shape index (κ2) is 8.22. The molecule has 0 bridgehead atoms. The molecule has 1 saturated carbocycles. The fraction of sp³-hybridized carbons (Fsp3) is 0.409. The first-order valence-electron chi connectivity index (χ1n) is 10.2. The Hall–Kier alpha value is -3.07. The van der Waals surface area contributed by atoms with Crippen molar-refractivity contribution in [2.75, 3.05) is 24.7 Å². The van der Waals surface area contributed by atoms with Crippen LogP contribution < -0.4 is 21.5 Å². The molecule has 0 saturated heterocycles. The van der Waals surface area contributed by atoms with Crippen molar-refractivity contribution in [1.82, 2.24) is 4.90 Å². The molecule has 31 heavy (non-hydrogen) atoms. The van der Waals surface area contributed by atoms with Crippen molar-refractivity contribution in [2.45, 2.75) is 38.6 Å². The topological polar surface area (TPSA) is 112 Å². The summed E-state index contributed by atoms with van der Waals surface area (Å²) < 4.78 is 5.83. The second-order valence-electron chi connectivity index (χ2n) is 8.17. The van der Waals surface area contributed by atoms with Gasteiger partial charge in [0.1, 0.15) is 27.8 Å². The number of amides is 1. The molecule has 8 nitrogen and oxygen atoms in total. The highest BCUT2D eigenvalue weighted by Crippen LogP contribution is 2.41. The normalized spacial score (nSPS) is 15.3. The van der Waals surface area contributed by atoms with E-state index in [4.69, 9.17) is 4.42 Å². The van der Waals surface area contributed by atoms with Gasteiger partial charge in [-0.3, -0.25) is 14.4 Å². The number of hydrogen-bond donors (Lipinski definition) is 3. The number of furan rings is 1. The molecule has 1 aromatic carbocycles. The van der Waals surface area contributed by atoms with E-state index in [0.29, 0.717) is 5.92 Å². The van der Waals surface area contributed by atoms with E-state index in [1.807, 2.05) is 19.1 Å². The Labute approximate surface area is 183 Å². The Morgan fingerprint density at radius 3 is 2.48 bits per heavy atom. The van der Waals surface area contributed by atoms with Crippen LogP contribution in [0.15, 0.2) is 31.5 Å². The zero-order chi connectivity index (χ0) is 22.3. The zero-order valence-electron chi connectivity index (χ0n) is 17.7. The molecule has 0 spiro atoms. The third kappa shape index (κ3) is 3.85. The summed E-state index contributed by atoms with van der Waals surface area (Å²) >= 11 is 1.07. The predicted octanol–water partition coefficient (Wildman–Crippen LogP) is 3.74. The van der Waals surface area contributed by atoms with Crippen LogP contribution in [-0.2, 0) is 0 Å². The van der Waals surface area contributed by atoms with Crippen LogP contribution >= 0.6 is 11.3 Å². The number of carbonyl (C=O) groups excluding carboxylic acids is 1. The van der Waals surface area contributed by atoms with Crippen LogP contribution in [0, 0.1) is 12.8 Å². The van der Waals surface area contributed by atoms with E-state index in [0.717, 1.165) is 48.5 Å². The number of aromatic hydroxyl groups is 1. The van der Waals surface area contributed by atoms with E-state index < -0.39 is 10.9 Å². The van der Waals surface area contributed by atoms with Crippen LogP contribution in [-0.4, -0.2) is 30.0 Å². The highest BCUT2D eigenvalue weighted by atomic mass is 32.1. The molecule has 1 atom stereocenters. The number of thiophene rings is 1. The van der Waals surface area contributed by atoms with Crippen molar-refractivity contribution in [3.63, 3.8) is 0 Å². The average molecular weight is 444 g/mol. The smallest absolute Gasteiger partial charge is 0.267 e. The van der Waals surface area contributed by atoms with Gasteiger partial charge in [0.2, 0.25) is 0 Å². The monoisotopic (exact) mass is 443 g/mol. The minimum atomic E-state index is -0.658. The average Bonchev–Trinajstić information content (AvgIpc) is 3.49. The predicted molar refractivity (Wildman–Crippen MR) is 120 cm³/mol. The third-order valence-corrected chi connectivity index (χ3v) is 6.73. The highest BCUT2D eigenvalue weighted by Gasteiger charge is 2.33. The fourth-order valence-electron chi connectivity index (χ4n) is 4.07. The van der Waals surface area contributed by atoms with Crippen molar-refractivity contribution in [3.8, 4) is 5.75 Å². The van der Waals surface area contributed by atoms with E-state index in [-0.39, 0.29) is 39.6 Å². The molecular weight excluding hydrogens is 418 g/mol. The Balaban J connectivity index is 1.62. The largest absolute Gasteiger partial charge is 0.504 e. The van der Waals surface area contributed by atoms with Gasteiger partial charge in [0.25, 0.3) is 16.8 Å². The van der Waals surface area contributed by atoms with Gasteiger partial charge >= 0.3 is 0 Å². The maximum atomic E-state index is 12.4. The molecule has 1 aliphatic rings. The number of carbonyl (C=O) groups is 1.